The van der Waals surface area contributed by atoms with Gasteiger partial charge in [0.15, 0.2) is 0 Å². The minimum atomic E-state index is 0.672. The zero-order valence-corrected chi connectivity index (χ0v) is 12.7. The molecule has 0 unspecified atom stereocenters. The number of anilines is 3. The van der Waals surface area contributed by atoms with Gasteiger partial charge in [0.25, 0.3) is 0 Å². The van der Waals surface area contributed by atoms with Gasteiger partial charge in [-0.1, -0.05) is 11.6 Å². The lowest BCUT2D eigenvalue weighted by Crippen LogP contribution is -2.01. The maximum absolute atomic E-state index is 6.15. The number of nitrogens with one attached hydrogen (secondary N) is 2. The summed E-state index contributed by atoms with van der Waals surface area (Å²) in [7, 11) is 0. The third-order valence-electron chi connectivity index (χ3n) is 2.22. The second-order valence-electron chi connectivity index (χ2n) is 3.57. The van der Waals surface area contributed by atoms with Crippen molar-refractivity contribution in [3.8, 4) is 0 Å². The van der Waals surface area contributed by atoms with Crippen molar-refractivity contribution in [2.75, 3.05) is 17.2 Å². The molecule has 0 radical (unpaired) electrons. The Hall–Kier alpha value is -1.08. The lowest BCUT2D eigenvalue weighted by Gasteiger charge is -2.09. The van der Waals surface area contributed by atoms with Crippen LogP contribution in [0, 0.1) is 3.57 Å². The summed E-state index contributed by atoms with van der Waals surface area (Å²) in [6.45, 7) is 2.84. The summed E-state index contributed by atoms with van der Waals surface area (Å²) in [6, 6.07) is 7.66. The summed E-state index contributed by atoms with van der Waals surface area (Å²) in [5.74, 6) is 1.50. The van der Waals surface area contributed by atoms with Crippen LogP contribution in [0.5, 0.6) is 0 Å². The molecule has 0 aliphatic carbocycles. The molecule has 2 rings (SSSR count). The SMILES string of the molecule is CCNc1cc(Nc2ccc(I)cc2Cl)ncn1. The first-order valence-corrected chi connectivity index (χ1v) is 6.92. The van der Waals surface area contributed by atoms with Crippen molar-refractivity contribution in [3.63, 3.8) is 0 Å². The Labute approximate surface area is 124 Å². The van der Waals surface area contributed by atoms with Crippen molar-refractivity contribution in [1.29, 1.82) is 0 Å². The van der Waals surface area contributed by atoms with Crippen LogP contribution in [0.15, 0.2) is 30.6 Å². The summed E-state index contributed by atoms with van der Waals surface area (Å²) >= 11 is 8.38. The van der Waals surface area contributed by atoms with Crippen LogP contribution in [0.1, 0.15) is 6.92 Å². The summed E-state index contributed by atoms with van der Waals surface area (Å²) in [6.07, 6.45) is 1.51. The monoisotopic (exact) mass is 374 g/mol. The predicted octanol–water partition coefficient (Wildman–Crippen LogP) is 3.91. The van der Waals surface area contributed by atoms with Crippen molar-refractivity contribution < 1.29 is 0 Å². The summed E-state index contributed by atoms with van der Waals surface area (Å²) in [5.41, 5.74) is 0.832. The van der Waals surface area contributed by atoms with E-state index in [9.17, 15) is 0 Å². The van der Waals surface area contributed by atoms with E-state index in [0.717, 1.165) is 21.6 Å². The molecule has 0 bridgehead atoms. The maximum atomic E-state index is 6.15. The molecule has 0 aliphatic heterocycles. The third kappa shape index (κ3) is 3.46. The van der Waals surface area contributed by atoms with Crippen LogP contribution < -0.4 is 10.6 Å². The number of nitrogens with zero attached hydrogens (tertiary/aromatic N) is 2. The summed E-state index contributed by atoms with van der Waals surface area (Å²) in [4.78, 5) is 8.27. The Morgan fingerprint density at radius 1 is 1.22 bits per heavy atom. The minimum Gasteiger partial charge on any atom is -0.370 e. The lowest BCUT2D eigenvalue weighted by atomic mass is 10.3. The first-order chi connectivity index (χ1) is 8.69. The Bertz CT molecular complexity index is 547. The number of rotatable bonds is 4. The standard InChI is InChI=1S/C12H12ClIN4/c1-2-15-11-6-12(17-7-16-11)18-10-4-3-8(14)5-9(10)13/h3-7H,2H2,1H3,(H2,15,16,17,18). The summed E-state index contributed by atoms with van der Waals surface area (Å²) < 4.78 is 1.10. The van der Waals surface area contributed by atoms with Crippen LogP contribution in [0.4, 0.5) is 17.3 Å². The van der Waals surface area contributed by atoms with Crippen LogP contribution >= 0.6 is 34.2 Å². The van der Waals surface area contributed by atoms with E-state index in [2.05, 4.69) is 43.2 Å². The second kappa shape index (κ2) is 6.19. The van der Waals surface area contributed by atoms with Crippen molar-refractivity contribution in [2.24, 2.45) is 0 Å². The highest BCUT2D eigenvalue weighted by atomic mass is 127. The van der Waals surface area contributed by atoms with Gasteiger partial charge in [-0.05, 0) is 47.7 Å². The maximum Gasteiger partial charge on any atom is 0.135 e. The molecule has 94 valence electrons. The quantitative estimate of drug-likeness (QED) is 0.797. The molecule has 4 nitrogen and oxygen atoms in total. The molecule has 6 heteroatoms. The molecule has 1 aromatic carbocycles. The Morgan fingerprint density at radius 3 is 2.72 bits per heavy atom. The fourth-order valence-corrected chi connectivity index (χ4v) is 2.34. The molecule has 0 saturated heterocycles. The van der Waals surface area contributed by atoms with Crippen LogP contribution in [0.2, 0.25) is 5.02 Å². The van der Waals surface area contributed by atoms with E-state index >= 15 is 0 Å². The molecule has 0 spiro atoms. The molecule has 0 atom stereocenters. The number of aromatic nitrogens is 2. The fraction of sp³-hybridized carbons (Fsp3) is 0.167. The minimum absolute atomic E-state index is 0.672. The van der Waals surface area contributed by atoms with Gasteiger partial charge in [-0.3, -0.25) is 0 Å². The van der Waals surface area contributed by atoms with Gasteiger partial charge in [0.2, 0.25) is 0 Å². The number of halogens is 2. The zero-order chi connectivity index (χ0) is 13.0. The van der Waals surface area contributed by atoms with Gasteiger partial charge in [0, 0.05) is 16.2 Å². The topological polar surface area (TPSA) is 49.8 Å². The van der Waals surface area contributed by atoms with E-state index in [1.165, 1.54) is 6.33 Å². The molecule has 2 aromatic rings. The smallest absolute Gasteiger partial charge is 0.135 e. The first-order valence-electron chi connectivity index (χ1n) is 5.47. The molecular weight excluding hydrogens is 363 g/mol. The molecule has 1 aromatic heterocycles. The number of hydrogen-bond acceptors (Lipinski definition) is 4. The molecule has 1 heterocycles. The zero-order valence-electron chi connectivity index (χ0n) is 9.74. The summed E-state index contributed by atoms with van der Waals surface area (Å²) in [5, 5.41) is 6.98. The van der Waals surface area contributed by atoms with Gasteiger partial charge < -0.3 is 10.6 Å². The van der Waals surface area contributed by atoms with Crippen LogP contribution in [-0.4, -0.2) is 16.5 Å². The van der Waals surface area contributed by atoms with E-state index < -0.39 is 0 Å². The van der Waals surface area contributed by atoms with Crippen LogP contribution in [-0.2, 0) is 0 Å². The van der Waals surface area contributed by atoms with Gasteiger partial charge in [0.1, 0.15) is 18.0 Å². The van der Waals surface area contributed by atoms with E-state index in [1.807, 2.05) is 31.2 Å². The van der Waals surface area contributed by atoms with Crippen LogP contribution in [0.25, 0.3) is 0 Å². The van der Waals surface area contributed by atoms with E-state index in [-0.39, 0.29) is 0 Å². The molecule has 18 heavy (non-hydrogen) atoms. The average molecular weight is 375 g/mol. The Kier molecular flexibility index (Phi) is 4.60. The van der Waals surface area contributed by atoms with E-state index in [1.54, 1.807) is 0 Å². The Morgan fingerprint density at radius 2 is 2.00 bits per heavy atom. The predicted molar refractivity (Wildman–Crippen MR) is 83.6 cm³/mol. The third-order valence-corrected chi connectivity index (χ3v) is 3.20. The molecule has 0 amide bonds. The van der Waals surface area contributed by atoms with Gasteiger partial charge >= 0.3 is 0 Å². The largest absolute Gasteiger partial charge is 0.370 e. The van der Waals surface area contributed by atoms with Gasteiger partial charge in [-0.15, -0.1) is 0 Å². The van der Waals surface area contributed by atoms with Crippen molar-refractivity contribution in [2.45, 2.75) is 6.92 Å². The van der Waals surface area contributed by atoms with Crippen LogP contribution in [0.3, 0.4) is 0 Å². The highest BCUT2D eigenvalue weighted by molar-refractivity contribution is 14.1. The van der Waals surface area contributed by atoms with Crippen molar-refractivity contribution in [1.82, 2.24) is 9.97 Å². The van der Waals surface area contributed by atoms with Gasteiger partial charge in [0.05, 0.1) is 10.7 Å². The lowest BCUT2D eigenvalue weighted by molar-refractivity contribution is 1.11. The molecule has 2 N–H and O–H groups in total. The van der Waals surface area contributed by atoms with Crippen molar-refractivity contribution in [3.05, 3.63) is 39.2 Å². The molecule has 0 saturated carbocycles. The fourth-order valence-electron chi connectivity index (χ4n) is 1.43. The molecule has 0 fully saturated rings. The van der Waals surface area contributed by atoms with Gasteiger partial charge in [-0.25, -0.2) is 9.97 Å². The normalized spacial score (nSPS) is 10.2. The highest BCUT2D eigenvalue weighted by Gasteiger charge is 2.03. The van der Waals surface area contributed by atoms with Gasteiger partial charge in [-0.2, -0.15) is 0 Å². The van der Waals surface area contributed by atoms with E-state index in [0.29, 0.717) is 10.8 Å². The highest BCUT2D eigenvalue weighted by Crippen LogP contribution is 2.26. The average Bonchev–Trinajstić information content (AvgIpc) is 2.34. The first kappa shape index (κ1) is 13.4. The molecule has 0 aliphatic rings. The molecular formula is C12H12ClIN4. The second-order valence-corrected chi connectivity index (χ2v) is 5.22. The Balaban J connectivity index is 2.20. The number of hydrogen-bond donors (Lipinski definition) is 2. The van der Waals surface area contributed by atoms with E-state index in [4.69, 9.17) is 11.6 Å². The number of benzene rings is 1. The van der Waals surface area contributed by atoms with Crippen molar-refractivity contribution >= 4 is 51.5 Å².